The fraction of sp³-hybridized carbons (Fsp3) is 0.316. The van der Waals surface area contributed by atoms with Crippen LogP contribution in [0.4, 0.5) is 4.39 Å². The van der Waals surface area contributed by atoms with Crippen molar-refractivity contribution in [1.29, 1.82) is 0 Å². The van der Waals surface area contributed by atoms with Gasteiger partial charge < -0.3 is 10.4 Å². The molecule has 0 saturated heterocycles. The summed E-state index contributed by atoms with van der Waals surface area (Å²) in [4.78, 5) is 14.5. The molecule has 0 bridgehead atoms. The fourth-order valence-corrected chi connectivity index (χ4v) is 2.52. The molecule has 2 aromatic rings. The van der Waals surface area contributed by atoms with Crippen molar-refractivity contribution in [2.45, 2.75) is 19.1 Å². The van der Waals surface area contributed by atoms with Crippen LogP contribution in [0.5, 0.6) is 0 Å². The molecule has 5 heteroatoms. The summed E-state index contributed by atoms with van der Waals surface area (Å²) < 4.78 is 12.9. The molecule has 2 aromatic carbocycles. The number of amides is 1. The Morgan fingerprint density at radius 3 is 2.33 bits per heavy atom. The summed E-state index contributed by atoms with van der Waals surface area (Å²) in [5.74, 6) is -0.532. The summed E-state index contributed by atoms with van der Waals surface area (Å²) >= 11 is 0. The van der Waals surface area contributed by atoms with Gasteiger partial charge in [-0.3, -0.25) is 9.69 Å². The van der Waals surface area contributed by atoms with Gasteiger partial charge in [0.1, 0.15) is 11.9 Å². The Labute approximate surface area is 141 Å². The van der Waals surface area contributed by atoms with Crippen molar-refractivity contribution in [2.75, 3.05) is 20.1 Å². The molecule has 128 valence electrons. The number of halogens is 1. The summed E-state index contributed by atoms with van der Waals surface area (Å²) in [5.41, 5.74) is 1.47. The molecule has 24 heavy (non-hydrogen) atoms. The molecule has 0 heterocycles. The Morgan fingerprint density at radius 2 is 1.75 bits per heavy atom. The fourth-order valence-electron chi connectivity index (χ4n) is 2.52. The van der Waals surface area contributed by atoms with E-state index >= 15 is 0 Å². The van der Waals surface area contributed by atoms with Crippen molar-refractivity contribution in [1.82, 2.24) is 10.2 Å². The van der Waals surface area contributed by atoms with Gasteiger partial charge in [-0.15, -0.1) is 0 Å². The van der Waals surface area contributed by atoms with E-state index in [-0.39, 0.29) is 18.3 Å². The number of likely N-dealkylation sites (N-methyl/N-ethyl adjacent to an activating group) is 1. The van der Waals surface area contributed by atoms with Gasteiger partial charge in [0.25, 0.3) is 0 Å². The number of nitrogens with zero attached hydrogens (tertiary/aromatic N) is 1. The van der Waals surface area contributed by atoms with Crippen LogP contribution >= 0.6 is 0 Å². The van der Waals surface area contributed by atoms with E-state index in [4.69, 9.17) is 0 Å². The summed E-state index contributed by atoms with van der Waals surface area (Å²) in [6.45, 7) is 2.77. The molecule has 0 aliphatic carbocycles. The topological polar surface area (TPSA) is 52.6 Å². The number of aliphatic hydroxyl groups is 1. The van der Waals surface area contributed by atoms with Crippen LogP contribution in [0.25, 0.3) is 0 Å². The van der Waals surface area contributed by atoms with E-state index in [1.807, 2.05) is 49.2 Å². The van der Waals surface area contributed by atoms with E-state index in [0.717, 1.165) is 5.56 Å². The van der Waals surface area contributed by atoms with Crippen molar-refractivity contribution < 1.29 is 14.3 Å². The highest BCUT2D eigenvalue weighted by atomic mass is 19.1. The van der Waals surface area contributed by atoms with Gasteiger partial charge in [-0.1, -0.05) is 49.4 Å². The zero-order valence-electron chi connectivity index (χ0n) is 13.9. The van der Waals surface area contributed by atoms with E-state index in [0.29, 0.717) is 12.1 Å². The van der Waals surface area contributed by atoms with Gasteiger partial charge in [0.15, 0.2) is 0 Å². The highest BCUT2D eigenvalue weighted by molar-refractivity contribution is 5.83. The Balaban J connectivity index is 2.04. The molecule has 0 spiro atoms. The first kappa shape index (κ1) is 18.1. The minimum Gasteiger partial charge on any atom is -0.387 e. The first-order valence-electron chi connectivity index (χ1n) is 7.99. The molecule has 0 radical (unpaired) electrons. The first-order chi connectivity index (χ1) is 11.5. The normalized spacial score (nSPS) is 13.5. The predicted octanol–water partition coefficient (Wildman–Crippen LogP) is 2.67. The number of hydrogen-bond donors (Lipinski definition) is 2. The average molecular weight is 330 g/mol. The Bertz CT molecular complexity index is 646. The molecule has 2 rings (SSSR count). The van der Waals surface area contributed by atoms with Crippen molar-refractivity contribution in [3.8, 4) is 0 Å². The lowest BCUT2D eigenvalue weighted by Crippen LogP contribution is -2.40. The molecular weight excluding hydrogens is 307 g/mol. The minimum atomic E-state index is -0.877. The van der Waals surface area contributed by atoms with Crippen LogP contribution < -0.4 is 5.32 Å². The smallest absolute Gasteiger partial charge is 0.242 e. The van der Waals surface area contributed by atoms with Gasteiger partial charge in [0, 0.05) is 6.54 Å². The van der Waals surface area contributed by atoms with Crippen LogP contribution in [0.2, 0.25) is 0 Å². The maximum absolute atomic E-state index is 12.9. The molecule has 0 aliphatic rings. The van der Waals surface area contributed by atoms with Gasteiger partial charge in [-0.2, -0.15) is 0 Å². The zero-order chi connectivity index (χ0) is 17.5. The van der Waals surface area contributed by atoms with Crippen molar-refractivity contribution in [3.63, 3.8) is 0 Å². The van der Waals surface area contributed by atoms with Gasteiger partial charge in [-0.05, 0) is 36.9 Å². The molecule has 4 nitrogen and oxygen atoms in total. The lowest BCUT2D eigenvalue weighted by molar-refractivity contribution is -0.126. The van der Waals surface area contributed by atoms with E-state index in [1.54, 1.807) is 0 Å². The van der Waals surface area contributed by atoms with Gasteiger partial charge in [-0.25, -0.2) is 4.39 Å². The summed E-state index contributed by atoms with van der Waals surface area (Å²) in [6.07, 6.45) is -0.877. The maximum atomic E-state index is 12.9. The van der Waals surface area contributed by atoms with Gasteiger partial charge >= 0.3 is 0 Å². The standard InChI is InChI=1S/C19H23FN2O2/c1-3-22(2)18(15-7-5-4-6-8-15)19(24)21-13-17(23)14-9-11-16(20)12-10-14/h4-12,17-18,23H,3,13H2,1-2H3,(H,21,24). The molecule has 2 atom stereocenters. The average Bonchev–Trinajstić information content (AvgIpc) is 2.61. The molecule has 0 aromatic heterocycles. The van der Waals surface area contributed by atoms with E-state index < -0.39 is 12.1 Å². The molecular formula is C19H23FN2O2. The van der Waals surface area contributed by atoms with Crippen LogP contribution in [0.3, 0.4) is 0 Å². The summed E-state index contributed by atoms with van der Waals surface area (Å²) in [5, 5.41) is 12.9. The molecule has 2 unspecified atom stereocenters. The van der Waals surface area contributed by atoms with E-state index in [2.05, 4.69) is 5.32 Å². The van der Waals surface area contributed by atoms with E-state index in [9.17, 15) is 14.3 Å². The molecule has 0 saturated carbocycles. The highest BCUT2D eigenvalue weighted by Crippen LogP contribution is 2.20. The second kappa shape index (κ2) is 8.57. The maximum Gasteiger partial charge on any atom is 0.242 e. The largest absolute Gasteiger partial charge is 0.387 e. The van der Waals surface area contributed by atoms with Crippen LogP contribution in [-0.4, -0.2) is 36.1 Å². The third-order valence-corrected chi connectivity index (χ3v) is 4.03. The first-order valence-corrected chi connectivity index (χ1v) is 7.99. The van der Waals surface area contributed by atoms with Gasteiger partial charge in [0.2, 0.25) is 5.91 Å². The van der Waals surface area contributed by atoms with Crippen molar-refractivity contribution in [2.24, 2.45) is 0 Å². The molecule has 2 N–H and O–H groups in total. The third-order valence-electron chi connectivity index (χ3n) is 4.03. The summed E-state index contributed by atoms with van der Waals surface area (Å²) in [7, 11) is 1.88. The number of hydrogen-bond acceptors (Lipinski definition) is 3. The highest BCUT2D eigenvalue weighted by Gasteiger charge is 2.24. The number of carbonyl (C=O) groups excluding carboxylic acids is 1. The second-order valence-corrected chi connectivity index (χ2v) is 5.70. The minimum absolute atomic E-state index is 0.0748. The van der Waals surface area contributed by atoms with Crippen LogP contribution in [0.15, 0.2) is 54.6 Å². The number of rotatable bonds is 7. The second-order valence-electron chi connectivity index (χ2n) is 5.70. The monoisotopic (exact) mass is 330 g/mol. The Hall–Kier alpha value is -2.24. The SMILES string of the molecule is CCN(C)C(C(=O)NCC(O)c1ccc(F)cc1)c1ccccc1. The van der Waals surface area contributed by atoms with Crippen LogP contribution in [0, 0.1) is 5.82 Å². The number of aliphatic hydroxyl groups excluding tert-OH is 1. The van der Waals surface area contributed by atoms with Crippen molar-refractivity contribution in [3.05, 3.63) is 71.5 Å². The Morgan fingerprint density at radius 1 is 1.12 bits per heavy atom. The predicted molar refractivity (Wildman–Crippen MR) is 91.9 cm³/mol. The molecule has 0 aliphatic heterocycles. The number of benzene rings is 2. The lowest BCUT2D eigenvalue weighted by Gasteiger charge is -2.27. The lowest BCUT2D eigenvalue weighted by atomic mass is 10.0. The number of carbonyl (C=O) groups is 1. The number of nitrogens with one attached hydrogen (secondary N) is 1. The molecule has 0 fully saturated rings. The molecule has 1 amide bonds. The van der Waals surface area contributed by atoms with E-state index in [1.165, 1.54) is 24.3 Å². The Kier molecular flexibility index (Phi) is 6.46. The zero-order valence-corrected chi connectivity index (χ0v) is 13.9. The van der Waals surface area contributed by atoms with Gasteiger partial charge in [0.05, 0.1) is 6.10 Å². The van der Waals surface area contributed by atoms with Crippen LogP contribution in [0.1, 0.15) is 30.2 Å². The third kappa shape index (κ3) is 4.63. The quantitative estimate of drug-likeness (QED) is 0.821. The summed E-state index contributed by atoms with van der Waals surface area (Å²) in [6, 6.07) is 14.7. The van der Waals surface area contributed by atoms with Crippen LogP contribution in [-0.2, 0) is 4.79 Å². The van der Waals surface area contributed by atoms with Crippen molar-refractivity contribution >= 4 is 5.91 Å².